The third kappa shape index (κ3) is 10.4. The van der Waals surface area contributed by atoms with Gasteiger partial charge in [-0.15, -0.1) is 0 Å². The Labute approximate surface area is 113 Å². The molecular weight excluding hydrogens is 224 g/mol. The summed E-state index contributed by atoms with van der Waals surface area (Å²) in [6.07, 6.45) is 10.9. The average Bonchev–Trinajstić information content (AvgIpc) is 2.32. The van der Waals surface area contributed by atoms with E-state index in [1.807, 2.05) is 0 Å². The smallest absolute Gasteiger partial charge is 0.330 e. The zero-order valence-electron chi connectivity index (χ0n) is 12.4. The Kier molecular flexibility index (Phi) is 10.8. The maximum Gasteiger partial charge on any atom is 0.330 e. The maximum atomic E-state index is 11.2. The highest BCUT2D eigenvalue weighted by atomic mass is 16.5. The van der Waals surface area contributed by atoms with Crippen LogP contribution in [0, 0.1) is 5.92 Å². The highest BCUT2D eigenvalue weighted by molar-refractivity contribution is 5.81. The molecule has 2 nitrogen and oxygen atoms in total. The van der Waals surface area contributed by atoms with Gasteiger partial charge in [0, 0.05) is 6.08 Å². The van der Waals surface area contributed by atoms with E-state index >= 15 is 0 Å². The summed E-state index contributed by atoms with van der Waals surface area (Å²) in [7, 11) is 0. The molecule has 1 unspecified atom stereocenters. The van der Waals surface area contributed by atoms with Crippen LogP contribution in [0.25, 0.3) is 0 Å². The minimum Gasteiger partial charge on any atom is -0.459 e. The van der Waals surface area contributed by atoms with Crippen molar-refractivity contribution in [2.75, 3.05) is 0 Å². The second-order valence-electron chi connectivity index (χ2n) is 5.45. The second-order valence-corrected chi connectivity index (χ2v) is 5.45. The van der Waals surface area contributed by atoms with Crippen LogP contribution in [0.4, 0.5) is 0 Å². The summed E-state index contributed by atoms with van der Waals surface area (Å²) in [6.45, 7) is 10.0. The molecule has 0 rings (SSSR count). The van der Waals surface area contributed by atoms with Crippen molar-refractivity contribution in [3.8, 4) is 0 Å². The molecule has 0 aliphatic heterocycles. The number of carbonyl (C=O) groups excluding carboxylic acids is 1. The lowest BCUT2D eigenvalue weighted by molar-refractivity contribution is -0.144. The van der Waals surface area contributed by atoms with E-state index in [-0.39, 0.29) is 12.1 Å². The molecule has 1 atom stereocenters. The number of ether oxygens (including phenoxy) is 1. The SMILES string of the molecule is C=CC(=O)OC(CCCCCCCC)CC(C)C. The van der Waals surface area contributed by atoms with Crippen LogP contribution in [0.5, 0.6) is 0 Å². The fourth-order valence-corrected chi connectivity index (χ4v) is 2.12. The van der Waals surface area contributed by atoms with Gasteiger partial charge < -0.3 is 4.74 Å². The van der Waals surface area contributed by atoms with Crippen molar-refractivity contribution >= 4 is 5.97 Å². The van der Waals surface area contributed by atoms with Crippen molar-refractivity contribution in [2.24, 2.45) is 5.92 Å². The topological polar surface area (TPSA) is 26.3 Å². The molecule has 0 aromatic carbocycles. The summed E-state index contributed by atoms with van der Waals surface area (Å²) >= 11 is 0. The van der Waals surface area contributed by atoms with E-state index in [9.17, 15) is 4.79 Å². The van der Waals surface area contributed by atoms with Gasteiger partial charge in [-0.25, -0.2) is 4.79 Å². The van der Waals surface area contributed by atoms with Crippen molar-refractivity contribution < 1.29 is 9.53 Å². The lowest BCUT2D eigenvalue weighted by Gasteiger charge is -2.18. The minimum absolute atomic E-state index is 0.0710. The first kappa shape index (κ1) is 17.2. The molecule has 0 aliphatic rings. The van der Waals surface area contributed by atoms with Crippen LogP contribution in [-0.4, -0.2) is 12.1 Å². The van der Waals surface area contributed by atoms with Crippen LogP contribution in [0.15, 0.2) is 12.7 Å². The Morgan fingerprint density at radius 2 is 1.78 bits per heavy atom. The fourth-order valence-electron chi connectivity index (χ4n) is 2.12. The molecule has 2 heteroatoms. The molecule has 0 aromatic rings. The zero-order valence-corrected chi connectivity index (χ0v) is 12.4. The van der Waals surface area contributed by atoms with E-state index in [4.69, 9.17) is 4.74 Å². The third-order valence-corrected chi connectivity index (χ3v) is 3.06. The number of unbranched alkanes of at least 4 members (excludes halogenated alkanes) is 5. The molecule has 18 heavy (non-hydrogen) atoms. The molecule has 0 heterocycles. The molecule has 0 bridgehead atoms. The van der Waals surface area contributed by atoms with Crippen LogP contribution in [0.1, 0.15) is 72.1 Å². The molecule has 106 valence electrons. The van der Waals surface area contributed by atoms with Gasteiger partial charge in [0.05, 0.1) is 0 Å². The maximum absolute atomic E-state index is 11.2. The molecule has 0 spiro atoms. The minimum atomic E-state index is -0.286. The van der Waals surface area contributed by atoms with Gasteiger partial charge in [-0.2, -0.15) is 0 Å². The van der Waals surface area contributed by atoms with Crippen molar-refractivity contribution in [1.82, 2.24) is 0 Å². The molecule has 0 amide bonds. The quantitative estimate of drug-likeness (QED) is 0.298. The summed E-state index contributed by atoms with van der Waals surface area (Å²) in [5.41, 5.74) is 0. The van der Waals surface area contributed by atoms with E-state index < -0.39 is 0 Å². The molecule has 0 fully saturated rings. The van der Waals surface area contributed by atoms with E-state index in [0.717, 1.165) is 19.3 Å². The summed E-state index contributed by atoms with van der Waals surface area (Å²) in [5, 5.41) is 0. The largest absolute Gasteiger partial charge is 0.459 e. The van der Waals surface area contributed by atoms with Crippen LogP contribution in [0.3, 0.4) is 0 Å². The number of rotatable bonds is 11. The van der Waals surface area contributed by atoms with E-state index in [0.29, 0.717) is 5.92 Å². The highest BCUT2D eigenvalue weighted by Gasteiger charge is 2.14. The average molecular weight is 254 g/mol. The summed E-state index contributed by atoms with van der Waals surface area (Å²) < 4.78 is 5.38. The van der Waals surface area contributed by atoms with Crippen LogP contribution >= 0.6 is 0 Å². The molecule has 0 aromatic heterocycles. The van der Waals surface area contributed by atoms with Gasteiger partial charge in [-0.1, -0.05) is 59.5 Å². The van der Waals surface area contributed by atoms with Gasteiger partial charge in [0.1, 0.15) is 6.10 Å². The van der Waals surface area contributed by atoms with Crippen LogP contribution in [0.2, 0.25) is 0 Å². The van der Waals surface area contributed by atoms with Crippen molar-refractivity contribution in [3.05, 3.63) is 12.7 Å². The predicted octanol–water partition coefficient (Wildman–Crippen LogP) is 4.88. The number of hydrogen-bond acceptors (Lipinski definition) is 2. The summed E-state index contributed by atoms with van der Waals surface area (Å²) in [6, 6.07) is 0. The van der Waals surface area contributed by atoms with Gasteiger partial charge >= 0.3 is 5.97 Å². The molecule has 0 saturated carbocycles. The number of hydrogen-bond donors (Lipinski definition) is 0. The van der Waals surface area contributed by atoms with Crippen LogP contribution in [-0.2, 0) is 9.53 Å². The predicted molar refractivity (Wildman–Crippen MR) is 77.5 cm³/mol. The second kappa shape index (κ2) is 11.3. The van der Waals surface area contributed by atoms with Crippen molar-refractivity contribution in [2.45, 2.75) is 78.2 Å². The Morgan fingerprint density at radius 1 is 1.17 bits per heavy atom. The summed E-state index contributed by atoms with van der Waals surface area (Å²) in [4.78, 5) is 11.2. The molecule has 0 saturated heterocycles. The van der Waals surface area contributed by atoms with Gasteiger partial charge in [0.15, 0.2) is 0 Å². The van der Waals surface area contributed by atoms with Gasteiger partial charge in [0.2, 0.25) is 0 Å². The standard InChI is InChI=1S/C16H30O2/c1-5-7-8-9-10-11-12-15(13-14(3)4)18-16(17)6-2/h6,14-15H,2,5,7-13H2,1,3-4H3. The van der Waals surface area contributed by atoms with Crippen LogP contribution < -0.4 is 0 Å². The Morgan fingerprint density at radius 3 is 2.33 bits per heavy atom. The van der Waals surface area contributed by atoms with E-state index in [1.165, 1.54) is 38.2 Å². The highest BCUT2D eigenvalue weighted by Crippen LogP contribution is 2.16. The molecular formula is C16H30O2. The lowest BCUT2D eigenvalue weighted by Crippen LogP contribution is -2.19. The van der Waals surface area contributed by atoms with Gasteiger partial charge in [0.25, 0.3) is 0 Å². The zero-order chi connectivity index (χ0) is 13.8. The Balaban J connectivity index is 3.79. The van der Waals surface area contributed by atoms with Crippen molar-refractivity contribution in [3.63, 3.8) is 0 Å². The number of esters is 1. The molecule has 0 N–H and O–H groups in total. The molecule has 0 aliphatic carbocycles. The van der Waals surface area contributed by atoms with E-state index in [2.05, 4.69) is 27.4 Å². The number of carbonyl (C=O) groups is 1. The monoisotopic (exact) mass is 254 g/mol. The first-order valence-corrected chi connectivity index (χ1v) is 7.43. The molecule has 0 radical (unpaired) electrons. The fraction of sp³-hybridized carbons (Fsp3) is 0.812. The first-order chi connectivity index (χ1) is 8.60. The lowest BCUT2D eigenvalue weighted by atomic mass is 10.00. The first-order valence-electron chi connectivity index (χ1n) is 7.43. The normalized spacial score (nSPS) is 12.4. The van der Waals surface area contributed by atoms with Crippen molar-refractivity contribution in [1.29, 1.82) is 0 Å². The van der Waals surface area contributed by atoms with E-state index in [1.54, 1.807) is 0 Å². The van der Waals surface area contributed by atoms with Gasteiger partial charge in [-0.3, -0.25) is 0 Å². The Bertz CT molecular complexity index is 221. The van der Waals surface area contributed by atoms with Gasteiger partial charge in [-0.05, 0) is 25.2 Å². The Hall–Kier alpha value is -0.790. The summed E-state index contributed by atoms with van der Waals surface area (Å²) in [5.74, 6) is 0.277. The third-order valence-electron chi connectivity index (χ3n) is 3.06.